The van der Waals surface area contributed by atoms with Gasteiger partial charge in [0.25, 0.3) is 0 Å². The van der Waals surface area contributed by atoms with Crippen LogP contribution in [0.25, 0.3) is 0 Å². The minimum atomic E-state index is -0.154. The number of benzene rings is 1. The Labute approximate surface area is 129 Å². The number of amides is 2. The summed E-state index contributed by atoms with van der Waals surface area (Å²) >= 11 is 5.84. The highest BCUT2D eigenvalue weighted by molar-refractivity contribution is 6.30. The minimum absolute atomic E-state index is 0.0000507. The zero-order valence-corrected chi connectivity index (χ0v) is 12.3. The second-order valence-electron chi connectivity index (χ2n) is 5.02. The van der Waals surface area contributed by atoms with Crippen molar-refractivity contribution in [2.45, 2.75) is 18.8 Å². The Morgan fingerprint density at radius 3 is 2.67 bits per heavy atom. The first kappa shape index (κ1) is 15.4. The summed E-state index contributed by atoms with van der Waals surface area (Å²) < 4.78 is 0. The standard InChI is InChI=1S/C16H17ClN2O2/c1-2-8-18-15(20)7-9-19-16(21)14-10-13(14)11-3-5-12(17)6-4-11/h1,3-6,13-14H,7-10H2,(H,18,20)(H,19,21)/t13-,14-/m0/s1. The van der Waals surface area contributed by atoms with Crippen LogP contribution in [0.1, 0.15) is 24.3 Å². The minimum Gasteiger partial charge on any atom is -0.355 e. The van der Waals surface area contributed by atoms with E-state index in [1.165, 1.54) is 0 Å². The molecule has 1 aliphatic carbocycles. The highest BCUT2D eigenvalue weighted by Crippen LogP contribution is 2.47. The highest BCUT2D eigenvalue weighted by Gasteiger charge is 2.43. The molecular formula is C16H17ClN2O2. The lowest BCUT2D eigenvalue weighted by atomic mass is 10.1. The molecule has 0 bridgehead atoms. The molecule has 2 N–H and O–H groups in total. The van der Waals surface area contributed by atoms with Gasteiger partial charge in [-0.15, -0.1) is 6.42 Å². The number of halogens is 1. The predicted molar refractivity (Wildman–Crippen MR) is 81.8 cm³/mol. The molecule has 1 saturated carbocycles. The van der Waals surface area contributed by atoms with Crippen LogP contribution in [0.4, 0.5) is 0 Å². The summed E-state index contributed by atoms with van der Waals surface area (Å²) in [4.78, 5) is 23.3. The highest BCUT2D eigenvalue weighted by atomic mass is 35.5. The van der Waals surface area contributed by atoms with Gasteiger partial charge >= 0.3 is 0 Å². The van der Waals surface area contributed by atoms with Gasteiger partial charge in [-0.25, -0.2) is 0 Å². The molecule has 0 radical (unpaired) electrons. The number of hydrogen-bond acceptors (Lipinski definition) is 2. The molecule has 0 spiro atoms. The van der Waals surface area contributed by atoms with Crippen molar-refractivity contribution in [3.05, 3.63) is 34.9 Å². The van der Waals surface area contributed by atoms with Gasteiger partial charge in [0.1, 0.15) is 0 Å². The number of hydrogen-bond donors (Lipinski definition) is 2. The summed E-state index contributed by atoms with van der Waals surface area (Å²) in [5, 5.41) is 6.03. The third-order valence-corrected chi connectivity index (χ3v) is 3.72. The maximum Gasteiger partial charge on any atom is 0.223 e. The summed E-state index contributed by atoms with van der Waals surface area (Å²) in [6.07, 6.45) is 6.12. The molecule has 2 rings (SSSR count). The molecule has 1 aromatic carbocycles. The van der Waals surface area contributed by atoms with Crippen molar-refractivity contribution in [2.24, 2.45) is 5.92 Å². The van der Waals surface area contributed by atoms with E-state index in [4.69, 9.17) is 18.0 Å². The van der Waals surface area contributed by atoms with Crippen LogP contribution < -0.4 is 10.6 Å². The second kappa shape index (κ2) is 7.14. The lowest BCUT2D eigenvalue weighted by molar-refractivity contribution is -0.123. The van der Waals surface area contributed by atoms with E-state index in [1.54, 1.807) is 0 Å². The molecule has 0 aliphatic heterocycles. The largest absolute Gasteiger partial charge is 0.355 e. The fraction of sp³-hybridized carbons (Fsp3) is 0.375. The van der Waals surface area contributed by atoms with E-state index < -0.39 is 0 Å². The fourth-order valence-corrected chi connectivity index (χ4v) is 2.36. The maximum absolute atomic E-state index is 12.0. The van der Waals surface area contributed by atoms with Crippen molar-refractivity contribution >= 4 is 23.4 Å². The average Bonchev–Trinajstić information content (AvgIpc) is 3.26. The zero-order valence-electron chi connectivity index (χ0n) is 11.6. The van der Waals surface area contributed by atoms with E-state index in [9.17, 15) is 9.59 Å². The molecule has 0 saturated heterocycles. The van der Waals surface area contributed by atoms with Gasteiger partial charge in [-0.1, -0.05) is 29.7 Å². The SMILES string of the molecule is C#CCNC(=O)CCNC(=O)[C@H]1C[C@H]1c1ccc(Cl)cc1. The molecule has 110 valence electrons. The molecule has 2 atom stereocenters. The van der Waals surface area contributed by atoms with Crippen LogP contribution in [-0.2, 0) is 9.59 Å². The fourth-order valence-electron chi connectivity index (χ4n) is 2.23. The molecule has 5 heteroatoms. The van der Waals surface area contributed by atoms with Crippen LogP contribution in [0, 0.1) is 18.3 Å². The molecule has 0 unspecified atom stereocenters. The lowest BCUT2D eigenvalue weighted by Gasteiger charge is -2.05. The monoisotopic (exact) mass is 304 g/mol. The Hall–Kier alpha value is -1.99. The molecular weight excluding hydrogens is 288 g/mol. The van der Waals surface area contributed by atoms with E-state index in [1.807, 2.05) is 24.3 Å². The van der Waals surface area contributed by atoms with E-state index in [0.717, 1.165) is 12.0 Å². The molecule has 1 fully saturated rings. The normalized spacial score (nSPS) is 19.4. The lowest BCUT2D eigenvalue weighted by Crippen LogP contribution is -2.31. The van der Waals surface area contributed by atoms with E-state index in [2.05, 4.69) is 16.6 Å². The van der Waals surface area contributed by atoms with Crippen molar-refractivity contribution in [3.8, 4) is 12.3 Å². The molecule has 21 heavy (non-hydrogen) atoms. The Balaban J connectivity index is 1.70. The molecule has 2 amide bonds. The van der Waals surface area contributed by atoms with Gasteiger partial charge in [0, 0.05) is 23.9 Å². The van der Waals surface area contributed by atoms with Gasteiger partial charge in [0.2, 0.25) is 11.8 Å². The van der Waals surface area contributed by atoms with Crippen molar-refractivity contribution in [3.63, 3.8) is 0 Å². The number of rotatable bonds is 6. The number of carbonyl (C=O) groups excluding carboxylic acids is 2. The molecule has 1 aromatic rings. The van der Waals surface area contributed by atoms with Crippen LogP contribution in [-0.4, -0.2) is 24.9 Å². The Morgan fingerprint density at radius 2 is 2.00 bits per heavy atom. The predicted octanol–water partition coefficient (Wildman–Crippen LogP) is 1.70. The topological polar surface area (TPSA) is 58.2 Å². The zero-order chi connectivity index (χ0) is 15.2. The van der Waals surface area contributed by atoms with E-state index in [-0.39, 0.29) is 36.6 Å². The van der Waals surface area contributed by atoms with Gasteiger partial charge in [0.05, 0.1) is 6.54 Å². The van der Waals surface area contributed by atoms with Crippen LogP contribution >= 0.6 is 11.6 Å². The van der Waals surface area contributed by atoms with E-state index in [0.29, 0.717) is 11.6 Å². The Kier molecular flexibility index (Phi) is 5.24. The van der Waals surface area contributed by atoms with Crippen LogP contribution in [0.15, 0.2) is 24.3 Å². The number of nitrogens with one attached hydrogen (secondary N) is 2. The maximum atomic E-state index is 12.0. The van der Waals surface area contributed by atoms with Gasteiger partial charge in [0.15, 0.2) is 0 Å². The second-order valence-corrected chi connectivity index (χ2v) is 5.46. The number of carbonyl (C=O) groups is 2. The summed E-state index contributed by atoms with van der Waals surface area (Å²) in [7, 11) is 0. The van der Waals surface area contributed by atoms with Gasteiger partial charge in [-0.2, -0.15) is 0 Å². The number of terminal acetylenes is 1. The smallest absolute Gasteiger partial charge is 0.223 e. The van der Waals surface area contributed by atoms with Crippen LogP contribution in [0.5, 0.6) is 0 Å². The molecule has 0 aromatic heterocycles. The van der Waals surface area contributed by atoms with Gasteiger partial charge in [-0.3, -0.25) is 9.59 Å². The van der Waals surface area contributed by atoms with Crippen LogP contribution in [0.3, 0.4) is 0 Å². The van der Waals surface area contributed by atoms with Crippen molar-refractivity contribution < 1.29 is 9.59 Å². The Bertz CT molecular complexity index is 563. The summed E-state index contributed by atoms with van der Waals surface area (Å²) in [6.45, 7) is 0.549. The third kappa shape index (κ3) is 4.51. The average molecular weight is 305 g/mol. The van der Waals surface area contributed by atoms with Gasteiger partial charge in [-0.05, 0) is 30.0 Å². The first-order valence-electron chi connectivity index (χ1n) is 6.85. The van der Waals surface area contributed by atoms with Crippen molar-refractivity contribution in [1.82, 2.24) is 10.6 Å². The summed E-state index contributed by atoms with van der Waals surface area (Å²) in [5.41, 5.74) is 1.13. The van der Waals surface area contributed by atoms with Gasteiger partial charge < -0.3 is 10.6 Å². The summed E-state index contributed by atoms with van der Waals surface area (Å²) in [6, 6.07) is 7.57. The molecule has 1 aliphatic rings. The van der Waals surface area contributed by atoms with Crippen molar-refractivity contribution in [1.29, 1.82) is 0 Å². The summed E-state index contributed by atoms with van der Waals surface area (Å²) in [5.74, 6) is 2.43. The molecule has 4 nitrogen and oxygen atoms in total. The quantitative estimate of drug-likeness (QED) is 0.786. The first-order chi connectivity index (χ1) is 10.1. The molecule has 0 heterocycles. The van der Waals surface area contributed by atoms with Crippen LogP contribution in [0.2, 0.25) is 5.02 Å². The van der Waals surface area contributed by atoms with E-state index >= 15 is 0 Å². The first-order valence-corrected chi connectivity index (χ1v) is 7.23. The third-order valence-electron chi connectivity index (χ3n) is 3.46. The Morgan fingerprint density at radius 1 is 1.29 bits per heavy atom. The van der Waals surface area contributed by atoms with Crippen molar-refractivity contribution in [2.75, 3.05) is 13.1 Å².